The highest BCUT2D eigenvalue weighted by molar-refractivity contribution is 5.30. The van der Waals surface area contributed by atoms with Crippen molar-refractivity contribution in [3.05, 3.63) is 29.8 Å². The fraction of sp³-hybridized carbons (Fsp3) is 0.667. The minimum atomic E-state index is 0.681. The quantitative estimate of drug-likeness (QED) is 0.795. The lowest BCUT2D eigenvalue weighted by Crippen LogP contribution is -2.44. The van der Waals surface area contributed by atoms with Gasteiger partial charge in [-0.05, 0) is 56.8 Å². The highest BCUT2D eigenvalue weighted by Gasteiger charge is 2.29. The van der Waals surface area contributed by atoms with Crippen LogP contribution >= 0.6 is 0 Å². The normalized spacial score (nSPS) is 22.9. The van der Waals surface area contributed by atoms with Crippen molar-refractivity contribution >= 4 is 0 Å². The van der Waals surface area contributed by atoms with Crippen LogP contribution in [0.5, 0.6) is 5.75 Å². The third-order valence-electron chi connectivity index (χ3n) is 4.97. The van der Waals surface area contributed by atoms with Crippen LogP contribution in [0.15, 0.2) is 24.3 Å². The maximum atomic E-state index is 5.21. The Kier molecular flexibility index (Phi) is 6.07. The zero-order valence-corrected chi connectivity index (χ0v) is 13.9. The monoisotopic (exact) mass is 290 g/mol. The summed E-state index contributed by atoms with van der Waals surface area (Å²) >= 11 is 0. The van der Waals surface area contributed by atoms with Gasteiger partial charge in [-0.2, -0.15) is 0 Å². The van der Waals surface area contributed by atoms with Gasteiger partial charge in [0.15, 0.2) is 0 Å². The van der Waals surface area contributed by atoms with Gasteiger partial charge in [-0.1, -0.05) is 19.1 Å². The molecule has 1 saturated carbocycles. The van der Waals surface area contributed by atoms with Gasteiger partial charge in [0.1, 0.15) is 5.75 Å². The molecule has 1 aromatic carbocycles. The molecule has 0 amide bonds. The van der Waals surface area contributed by atoms with Gasteiger partial charge in [0.2, 0.25) is 0 Å². The third-order valence-corrected chi connectivity index (χ3v) is 4.97. The largest absolute Gasteiger partial charge is 0.497 e. The summed E-state index contributed by atoms with van der Waals surface area (Å²) in [6.07, 6.45) is 3.75. The lowest BCUT2D eigenvalue weighted by molar-refractivity contribution is 0.229. The van der Waals surface area contributed by atoms with E-state index in [0.29, 0.717) is 12.1 Å². The van der Waals surface area contributed by atoms with E-state index in [2.05, 4.69) is 55.4 Å². The Labute approximate surface area is 129 Å². The molecule has 1 aliphatic rings. The molecule has 1 unspecified atom stereocenters. The average Bonchev–Trinajstić information content (AvgIpc) is 2.48. The van der Waals surface area contributed by atoms with Gasteiger partial charge in [-0.25, -0.2) is 0 Å². The zero-order chi connectivity index (χ0) is 15.2. The average molecular weight is 290 g/mol. The van der Waals surface area contributed by atoms with Crippen LogP contribution < -0.4 is 10.1 Å². The van der Waals surface area contributed by atoms with Crippen LogP contribution in [0.4, 0.5) is 0 Å². The summed E-state index contributed by atoms with van der Waals surface area (Å²) in [5.41, 5.74) is 1.45. The Morgan fingerprint density at radius 2 is 1.95 bits per heavy atom. The lowest BCUT2D eigenvalue weighted by atomic mass is 9.76. The maximum Gasteiger partial charge on any atom is 0.118 e. The SMILES string of the molecule is CCC(C)N(C)CCNC1CC(c2ccc(OC)cc2)C1. The van der Waals surface area contributed by atoms with Gasteiger partial charge >= 0.3 is 0 Å². The van der Waals surface area contributed by atoms with Crippen molar-refractivity contribution in [2.45, 2.75) is 51.1 Å². The molecule has 1 aromatic rings. The molecule has 0 aromatic heterocycles. The van der Waals surface area contributed by atoms with Crippen molar-refractivity contribution in [2.75, 3.05) is 27.2 Å². The molecule has 0 radical (unpaired) electrons. The summed E-state index contributed by atoms with van der Waals surface area (Å²) < 4.78 is 5.21. The van der Waals surface area contributed by atoms with Gasteiger partial charge in [-0.3, -0.25) is 0 Å². The maximum absolute atomic E-state index is 5.21. The minimum absolute atomic E-state index is 0.681. The first-order valence-electron chi connectivity index (χ1n) is 8.21. The molecule has 0 bridgehead atoms. The van der Waals surface area contributed by atoms with Crippen molar-refractivity contribution in [1.29, 1.82) is 0 Å². The van der Waals surface area contributed by atoms with E-state index in [4.69, 9.17) is 4.74 Å². The molecule has 3 nitrogen and oxygen atoms in total. The van der Waals surface area contributed by atoms with E-state index in [1.807, 2.05) is 0 Å². The number of likely N-dealkylation sites (N-methyl/N-ethyl adjacent to an activating group) is 1. The Morgan fingerprint density at radius 1 is 1.29 bits per heavy atom. The van der Waals surface area contributed by atoms with Crippen LogP contribution in [-0.2, 0) is 0 Å². The molecule has 3 heteroatoms. The molecular formula is C18H30N2O. The number of benzene rings is 1. The number of methoxy groups -OCH3 is 1. The standard InChI is InChI=1S/C18H30N2O/c1-5-14(2)20(3)11-10-19-17-12-16(13-17)15-6-8-18(21-4)9-7-15/h6-9,14,16-17,19H,5,10-13H2,1-4H3. The molecule has 1 fully saturated rings. The lowest BCUT2D eigenvalue weighted by Gasteiger charge is -2.37. The van der Waals surface area contributed by atoms with Crippen LogP contribution in [0.25, 0.3) is 0 Å². The van der Waals surface area contributed by atoms with E-state index in [1.54, 1.807) is 7.11 Å². The van der Waals surface area contributed by atoms with Crippen LogP contribution in [0.1, 0.15) is 44.6 Å². The molecule has 0 heterocycles. The van der Waals surface area contributed by atoms with E-state index in [1.165, 1.54) is 24.8 Å². The van der Waals surface area contributed by atoms with Crippen molar-refractivity contribution in [3.8, 4) is 5.75 Å². The first-order chi connectivity index (χ1) is 10.1. The van der Waals surface area contributed by atoms with Crippen LogP contribution in [0.2, 0.25) is 0 Å². The third kappa shape index (κ3) is 4.45. The summed E-state index contributed by atoms with van der Waals surface area (Å²) in [5, 5.41) is 3.68. The smallest absolute Gasteiger partial charge is 0.118 e. The summed E-state index contributed by atoms with van der Waals surface area (Å²) in [6, 6.07) is 9.92. The zero-order valence-electron chi connectivity index (χ0n) is 13.9. The summed E-state index contributed by atoms with van der Waals surface area (Å²) in [7, 11) is 3.94. The van der Waals surface area contributed by atoms with E-state index in [-0.39, 0.29) is 0 Å². The Balaban J connectivity index is 1.65. The number of hydrogen-bond donors (Lipinski definition) is 1. The molecule has 21 heavy (non-hydrogen) atoms. The van der Waals surface area contributed by atoms with Crippen molar-refractivity contribution < 1.29 is 4.74 Å². The first kappa shape index (κ1) is 16.3. The summed E-state index contributed by atoms with van der Waals surface area (Å²) in [4.78, 5) is 2.44. The second-order valence-corrected chi connectivity index (χ2v) is 6.33. The van der Waals surface area contributed by atoms with E-state index >= 15 is 0 Å². The highest BCUT2D eigenvalue weighted by atomic mass is 16.5. The first-order valence-corrected chi connectivity index (χ1v) is 8.21. The molecule has 0 spiro atoms. The second kappa shape index (κ2) is 7.81. The fourth-order valence-corrected chi connectivity index (χ4v) is 2.91. The molecule has 118 valence electrons. The molecule has 2 rings (SSSR count). The van der Waals surface area contributed by atoms with Crippen molar-refractivity contribution in [1.82, 2.24) is 10.2 Å². The van der Waals surface area contributed by atoms with Crippen LogP contribution in [0.3, 0.4) is 0 Å². The van der Waals surface area contributed by atoms with Gasteiger partial charge in [0.05, 0.1) is 7.11 Å². The molecule has 1 atom stereocenters. The van der Waals surface area contributed by atoms with Gasteiger partial charge in [0, 0.05) is 25.2 Å². The predicted octanol–water partition coefficient (Wildman–Crippen LogP) is 3.26. The minimum Gasteiger partial charge on any atom is -0.497 e. The number of nitrogens with zero attached hydrogens (tertiary/aromatic N) is 1. The highest BCUT2D eigenvalue weighted by Crippen LogP contribution is 2.37. The number of rotatable bonds is 8. The van der Waals surface area contributed by atoms with E-state index < -0.39 is 0 Å². The van der Waals surface area contributed by atoms with Crippen molar-refractivity contribution in [3.63, 3.8) is 0 Å². The number of nitrogens with one attached hydrogen (secondary N) is 1. The number of ether oxygens (including phenoxy) is 1. The van der Waals surface area contributed by atoms with E-state index in [0.717, 1.165) is 24.8 Å². The van der Waals surface area contributed by atoms with Crippen LogP contribution in [0, 0.1) is 0 Å². The molecule has 1 N–H and O–H groups in total. The Bertz CT molecular complexity index is 412. The predicted molar refractivity (Wildman–Crippen MR) is 89.1 cm³/mol. The topological polar surface area (TPSA) is 24.5 Å². The summed E-state index contributed by atoms with van der Waals surface area (Å²) in [6.45, 7) is 6.78. The molecule has 0 aliphatic heterocycles. The van der Waals surface area contributed by atoms with Gasteiger partial charge < -0.3 is 15.0 Å². The summed E-state index contributed by atoms with van der Waals surface area (Å²) in [5.74, 6) is 1.67. The van der Waals surface area contributed by atoms with Gasteiger partial charge in [-0.15, -0.1) is 0 Å². The number of hydrogen-bond acceptors (Lipinski definition) is 3. The van der Waals surface area contributed by atoms with Crippen molar-refractivity contribution in [2.24, 2.45) is 0 Å². The molecular weight excluding hydrogens is 260 g/mol. The van der Waals surface area contributed by atoms with E-state index in [9.17, 15) is 0 Å². The second-order valence-electron chi connectivity index (χ2n) is 6.33. The Hall–Kier alpha value is -1.06. The fourth-order valence-electron chi connectivity index (χ4n) is 2.91. The molecule has 1 aliphatic carbocycles. The van der Waals surface area contributed by atoms with Gasteiger partial charge in [0.25, 0.3) is 0 Å². The van der Waals surface area contributed by atoms with Crippen LogP contribution in [-0.4, -0.2) is 44.2 Å². The Morgan fingerprint density at radius 3 is 2.52 bits per heavy atom. The molecule has 0 saturated heterocycles.